The average Bonchev–Trinajstić information content (AvgIpc) is 2.36. The molecule has 20 heavy (non-hydrogen) atoms. The summed E-state index contributed by atoms with van der Waals surface area (Å²) in [6, 6.07) is 8.58. The lowest BCUT2D eigenvalue weighted by molar-refractivity contribution is 0.0601. The summed E-state index contributed by atoms with van der Waals surface area (Å²) < 4.78 is 6.04. The van der Waals surface area contributed by atoms with Crippen LogP contribution in [-0.2, 0) is 0 Å². The monoisotopic (exact) mass is 277 g/mol. The predicted molar refractivity (Wildman–Crippen MR) is 82.0 cm³/mol. The van der Waals surface area contributed by atoms with Crippen LogP contribution in [0.1, 0.15) is 52.1 Å². The van der Waals surface area contributed by atoms with Gasteiger partial charge in [-0.1, -0.05) is 32.0 Å². The van der Waals surface area contributed by atoms with E-state index >= 15 is 0 Å². The lowest BCUT2D eigenvalue weighted by Gasteiger charge is -2.39. The second-order valence-electron chi connectivity index (χ2n) is 6.83. The molecular formula is C17H27NO2. The molecule has 0 saturated carbocycles. The summed E-state index contributed by atoms with van der Waals surface area (Å²) in [7, 11) is 0. The molecule has 0 spiro atoms. The van der Waals surface area contributed by atoms with E-state index in [9.17, 15) is 5.11 Å². The molecule has 3 nitrogen and oxygen atoms in total. The number of hydrogen-bond donors (Lipinski definition) is 2. The number of hydrogen-bond acceptors (Lipinski definition) is 3. The molecule has 0 radical (unpaired) electrons. The molecule has 0 aliphatic carbocycles. The largest absolute Gasteiger partial charge is 0.487 e. The number of rotatable bonds is 5. The van der Waals surface area contributed by atoms with Crippen molar-refractivity contribution in [1.82, 2.24) is 5.32 Å². The van der Waals surface area contributed by atoms with Crippen LogP contribution in [0.3, 0.4) is 0 Å². The van der Waals surface area contributed by atoms with Crippen molar-refractivity contribution in [1.29, 1.82) is 0 Å². The summed E-state index contributed by atoms with van der Waals surface area (Å²) in [5, 5.41) is 13.2. The number of fused-ring (bicyclic) bond motifs is 1. The fourth-order valence-corrected chi connectivity index (χ4v) is 3.00. The minimum atomic E-state index is -0.177. The second kappa shape index (κ2) is 6.15. The van der Waals surface area contributed by atoms with Crippen LogP contribution in [0, 0.1) is 5.92 Å². The third-order valence-corrected chi connectivity index (χ3v) is 3.79. The normalized spacial score (nSPS) is 22.2. The third kappa shape index (κ3) is 3.74. The van der Waals surface area contributed by atoms with E-state index in [1.807, 2.05) is 18.2 Å². The van der Waals surface area contributed by atoms with Gasteiger partial charge in [0.1, 0.15) is 11.4 Å². The van der Waals surface area contributed by atoms with Crippen LogP contribution >= 0.6 is 0 Å². The van der Waals surface area contributed by atoms with E-state index in [4.69, 9.17) is 4.74 Å². The van der Waals surface area contributed by atoms with E-state index in [0.29, 0.717) is 5.92 Å². The number of aliphatic hydroxyl groups excluding tert-OH is 1. The lowest BCUT2D eigenvalue weighted by atomic mass is 9.88. The van der Waals surface area contributed by atoms with E-state index in [1.165, 1.54) is 5.56 Å². The topological polar surface area (TPSA) is 41.5 Å². The highest BCUT2D eigenvalue weighted by molar-refractivity contribution is 5.38. The van der Waals surface area contributed by atoms with Crippen molar-refractivity contribution >= 4 is 0 Å². The summed E-state index contributed by atoms with van der Waals surface area (Å²) in [6.07, 6.45) is 1.90. The number of nitrogens with one attached hydrogen (secondary N) is 1. The number of para-hydroxylation sites is 1. The van der Waals surface area contributed by atoms with Crippen LogP contribution in [0.15, 0.2) is 24.3 Å². The molecule has 2 rings (SSSR count). The SMILES string of the molecule is CC(C)CC(CO)NC1CC(C)(C)Oc2ccccc21. The van der Waals surface area contributed by atoms with E-state index in [1.54, 1.807) is 0 Å². The molecular weight excluding hydrogens is 250 g/mol. The smallest absolute Gasteiger partial charge is 0.124 e. The molecule has 1 heterocycles. The van der Waals surface area contributed by atoms with Gasteiger partial charge in [0.05, 0.1) is 6.61 Å². The average molecular weight is 277 g/mol. The first-order valence-corrected chi connectivity index (χ1v) is 7.56. The minimum absolute atomic E-state index is 0.141. The Balaban J connectivity index is 2.18. The Hall–Kier alpha value is -1.06. The zero-order valence-electron chi connectivity index (χ0n) is 13.0. The Morgan fingerprint density at radius 2 is 2.05 bits per heavy atom. The molecule has 2 unspecified atom stereocenters. The number of aliphatic hydroxyl groups is 1. The zero-order chi connectivity index (χ0) is 14.8. The standard InChI is InChI=1S/C17H27NO2/c1-12(2)9-13(11-19)18-15-10-17(3,4)20-16-8-6-5-7-14(15)16/h5-8,12-13,15,18-19H,9-11H2,1-4H3. The van der Waals surface area contributed by atoms with Crippen molar-refractivity contribution in [2.24, 2.45) is 5.92 Å². The Morgan fingerprint density at radius 3 is 2.70 bits per heavy atom. The van der Waals surface area contributed by atoms with Crippen molar-refractivity contribution < 1.29 is 9.84 Å². The van der Waals surface area contributed by atoms with E-state index in [2.05, 4.69) is 39.1 Å². The maximum atomic E-state index is 9.59. The molecule has 112 valence electrons. The van der Waals surface area contributed by atoms with Gasteiger partial charge in [0.15, 0.2) is 0 Å². The van der Waals surface area contributed by atoms with Crippen molar-refractivity contribution in [2.45, 2.75) is 58.2 Å². The van der Waals surface area contributed by atoms with Gasteiger partial charge in [0.2, 0.25) is 0 Å². The Morgan fingerprint density at radius 1 is 1.35 bits per heavy atom. The Bertz CT molecular complexity index is 442. The molecule has 1 aliphatic heterocycles. The predicted octanol–water partition coefficient (Wildman–Crippen LogP) is 3.29. The Labute approximate surface area is 122 Å². The maximum Gasteiger partial charge on any atom is 0.124 e. The molecule has 1 aromatic carbocycles. The summed E-state index contributed by atoms with van der Waals surface area (Å²) in [4.78, 5) is 0. The van der Waals surface area contributed by atoms with Gasteiger partial charge in [-0.05, 0) is 32.3 Å². The molecule has 1 aromatic rings. The van der Waals surface area contributed by atoms with Crippen LogP contribution in [0.2, 0.25) is 0 Å². The highest BCUT2D eigenvalue weighted by Crippen LogP contribution is 2.39. The molecule has 2 atom stereocenters. The quantitative estimate of drug-likeness (QED) is 0.868. The van der Waals surface area contributed by atoms with Crippen LogP contribution in [0.25, 0.3) is 0 Å². The van der Waals surface area contributed by atoms with Gasteiger partial charge in [0, 0.05) is 24.1 Å². The van der Waals surface area contributed by atoms with Gasteiger partial charge >= 0.3 is 0 Å². The van der Waals surface area contributed by atoms with Crippen molar-refractivity contribution in [3.05, 3.63) is 29.8 Å². The highest BCUT2D eigenvalue weighted by Gasteiger charge is 2.34. The van der Waals surface area contributed by atoms with Gasteiger partial charge in [-0.25, -0.2) is 0 Å². The highest BCUT2D eigenvalue weighted by atomic mass is 16.5. The number of ether oxygens (including phenoxy) is 1. The first-order valence-electron chi connectivity index (χ1n) is 7.56. The molecule has 0 bridgehead atoms. The van der Waals surface area contributed by atoms with E-state index in [0.717, 1.165) is 18.6 Å². The van der Waals surface area contributed by atoms with Gasteiger partial charge in [0.25, 0.3) is 0 Å². The summed E-state index contributed by atoms with van der Waals surface area (Å²) in [6.45, 7) is 8.79. The van der Waals surface area contributed by atoms with E-state index in [-0.39, 0.29) is 24.3 Å². The summed E-state index contributed by atoms with van der Waals surface area (Å²) in [5.41, 5.74) is 1.03. The van der Waals surface area contributed by atoms with Crippen LogP contribution in [-0.4, -0.2) is 23.4 Å². The first-order chi connectivity index (χ1) is 9.41. The van der Waals surface area contributed by atoms with Gasteiger partial charge < -0.3 is 15.2 Å². The third-order valence-electron chi connectivity index (χ3n) is 3.79. The van der Waals surface area contributed by atoms with Crippen molar-refractivity contribution in [3.63, 3.8) is 0 Å². The summed E-state index contributed by atoms with van der Waals surface area (Å²) >= 11 is 0. The van der Waals surface area contributed by atoms with Gasteiger partial charge in [-0.2, -0.15) is 0 Å². The van der Waals surface area contributed by atoms with Gasteiger partial charge in [-0.15, -0.1) is 0 Å². The second-order valence-corrected chi connectivity index (χ2v) is 6.83. The van der Waals surface area contributed by atoms with E-state index < -0.39 is 0 Å². The first kappa shape index (κ1) is 15.3. The zero-order valence-corrected chi connectivity index (χ0v) is 13.0. The Kier molecular flexibility index (Phi) is 4.71. The molecule has 0 amide bonds. The molecule has 2 N–H and O–H groups in total. The molecule has 0 fully saturated rings. The minimum Gasteiger partial charge on any atom is -0.487 e. The van der Waals surface area contributed by atoms with Crippen LogP contribution < -0.4 is 10.1 Å². The lowest BCUT2D eigenvalue weighted by Crippen LogP contribution is -2.44. The summed E-state index contributed by atoms with van der Waals surface area (Å²) in [5.74, 6) is 1.53. The molecule has 3 heteroatoms. The van der Waals surface area contributed by atoms with Crippen molar-refractivity contribution in [2.75, 3.05) is 6.61 Å². The van der Waals surface area contributed by atoms with Crippen molar-refractivity contribution in [3.8, 4) is 5.75 Å². The van der Waals surface area contributed by atoms with Gasteiger partial charge in [-0.3, -0.25) is 0 Å². The van der Waals surface area contributed by atoms with Crippen LogP contribution in [0.5, 0.6) is 5.75 Å². The fourth-order valence-electron chi connectivity index (χ4n) is 3.00. The molecule has 0 aromatic heterocycles. The number of benzene rings is 1. The fraction of sp³-hybridized carbons (Fsp3) is 0.647. The van der Waals surface area contributed by atoms with Crippen LogP contribution in [0.4, 0.5) is 0 Å². The maximum absolute atomic E-state index is 9.59. The molecule has 1 aliphatic rings. The molecule has 0 saturated heterocycles.